The molecule has 0 aliphatic carbocycles. The van der Waals surface area contributed by atoms with Gasteiger partial charge in [0.25, 0.3) is 0 Å². The number of Topliss-reactive ketones (excluding diaryl/α,β-unsaturated/α-hetero) is 1. The van der Waals surface area contributed by atoms with E-state index in [0.29, 0.717) is 6.42 Å². The Hall–Kier alpha value is -2.69. The van der Waals surface area contributed by atoms with Crippen LogP contribution in [0.3, 0.4) is 0 Å². The standard InChI is InChI=1S/C20H24N2O3/c1-20(2,3)25-19(24)22-17(13-15-7-5-4-6-8-15)18(23)14-16-9-11-21-12-10-16/h4-12,17H,13-14H2,1-3H3,(H,22,24)/t17-/m0/s1. The van der Waals surface area contributed by atoms with Gasteiger partial charge in [0.1, 0.15) is 5.60 Å². The van der Waals surface area contributed by atoms with Crippen LogP contribution in [0.25, 0.3) is 0 Å². The maximum absolute atomic E-state index is 12.7. The molecule has 0 unspecified atom stereocenters. The van der Waals surface area contributed by atoms with Gasteiger partial charge in [-0.15, -0.1) is 0 Å². The monoisotopic (exact) mass is 340 g/mol. The summed E-state index contributed by atoms with van der Waals surface area (Å²) in [6.45, 7) is 5.37. The van der Waals surface area contributed by atoms with Gasteiger partial charge >= 0.3 is 6.09 Å². The van der Waals surface area contributed by atoms with E-state index in [2.05, 4.69) is 10.3 Å². The van der Waals surface area contributed by atoms with Crippen molar-refractivity contribution in [3.8, 4) is 0 Å². The molecule has 5 nitrogen and oxygen atoms in total. The zero-order valence-corrected chi connectivity index (χ0v) is 14.9. The lowest BCUT2D eigenvalue weighted by Crippen LogP contribution is -2.45. The second-order valence-corrected chi connectivity index (χ2v) is 6.89. The quantitative estimate of drug-likeness (QED) is 0.876. The number of nitrogens with zero attached hydrogens (tertiary/aromatic N) is 1. The first kappa shape index (κ1) is 18.6. The highest BCUT2D eigenvalue weighted by Gasteiger charge is 2.24. The van der Waals surface area contributed by atoms with E-state index >= 15 is 0 Å². The van der Waals surface area contributed by atoms with Crippen LogP contribution in [0.1, 0.15) is 31.9 Å². The van der Waals surface area contributed by atoms with Gasteiger partial charge in [0.2, 0.25) is 0 Å². The van der Waals surface area contributed by atoms with Crippen LogP contribution < -0.4 is 5.32 Å². The Balaban J connectivity index is 2.10. The number of ether oxygens (including phenoxy) is 1. The maximum Gasteiger partial charge on any atom is 0.408 e. The smallest absolute Gasteiger partial charge is 0.408 e. The van der Waals surface area contributed by atoms with Crippen LogP contribution in [-0.2, 0) is 22.4 Å². The number of pyridine rings is 1. The minimum atomic E-state index is -0.648. The molecular formula is C20H24N2O3. The van der Waals surface area contributed by atoms with Crippen molar-refractivity contribution in [1.82, 2.24) is 10.3 Å². The van der Waals surface area contributed by atoms with Gasteiger partial charge in [-0.05, 0) is 50.5 Å². The van der Waals surface area contributed by atoms with E-state index in [1.54, 1.807) is 45.3 Å². The van der Waals surface area contributed by atoms with Gasteiger partial charge in [0.05, 0.1) is 6.04 Å². The summed E-state index contributed by atoms with van der Waals surface area (Å²) in [5.74, 6) is -0.0686. The second kappa shape index (κ2) is 8.42. The summed E-state index contributed by atoms with van der Waals surface area (Å²) in [5.41, 5.74) is 1.23. The fourth-order valence-electron chi connectivity index (χ4n) is 2.37. The van der Waals surface area contributed by atoms with E-state index < -0.39 is 17.7 Å². The molecular weight excluding hydrogens is 316 g/mol. The molecule has 0 aliphatic heterocycles. The van der Waals surface area contributed by atoms with Crippen molar-refractivity contribution in [1.29, 1.82) is 0 Å². The van der Waals surface area contributed by atoms with Crippen LogP contribution in [0.4, 0.5) is 4.79 Å². The summed E-state index contributed by atoms with van der Waals surface area (Å²) in [6, 6.07) is 12.5. The Morgan fingerprint density at radius 3 is 2.28 bits per heavy atom. The van der Waals surface area contributed by atoms with Crippen molar-refractivity contribution in [2.24, 2.45) is 0 Å². The minimum absolute atomic E-state index is 0.0686. The molecule has 0 fully saturated rings. The normalized spacial score (nSPS) is 12.3. The Bertz CT molecular complexity index is 694. The molecule has 25 heavy (non-hydrogen) atoms. The van der Waals surface area contributed by atoms with Crippen molar-refractivity contribution in [3.63, 3.8) is 0 Å². The summed E-state index contributed by atoms with van der Waals surface area (Å²) in [7, 11) is 0. The number of amides is 1. The molecule has 1 heterocycles. The lowest BCUT2D eigenvalue weighted by molar-refractivity contribution is -0.120. The third-order valence-corrected chi connectivity index (χ3v) is 3.49. The predicted octanol–water partition coefficient (Wildman–Crippen LogP) is 3.33. The molecule has 0 bridgehead atoms. The number of hydrogen-bond donors (Lipinski definition) is 1. The van der Waals surface area contributed by atoms with Crippen LogP contribution in [0.15, 0.2) is 54.9 Å². The highest BCUT2D eigenvalue weighted by molar-refractivity contribution is 5.89. The van der Waals surface area contributed by atoms with E-state index in [9.17, 15) is 9.59 Å². The molecule has 1 aromatic heterocycles. The number of rotatable bonds is 6. The molecule has 1 N–H and O–H groups in total. The van der Waals surface area contributed by atoms with Crippen molar-refractivity contribution in [3.05, 3.63) is 66.0 Å². The summed E-state index contributed by atoms with van der Waals surface area (Å²) < 4.78 is 5.29. The molecule has 0 spiro atoms. The van der Waals surface area contributed by atoms with E-state index in [4.69, 9.17) is 4.74 Å². The summed E-state index contributed by atoms with van der Waals surface area (Å²) in [4.78, 5) is 28.8. The van der Waals surface area contributed by atoms with E-state index in [-0.39, 0.29) is 12.2 Å². The van der Waals surface area contributed by atoms with Crippen molar-refractivity contribution in [2.45, 2.75) is 45.3 Å². The van der Waals surface area contributed by atoms with Crippen LogP contribution in [0, 0.1) is 0 Å². The minimum Gasteiger partial charge on any atom is -0.444 e. The molecule has 0 saturated heterocycles. The number of nitrogens with one attached hydrogen (secondary N) is 1. The maximum atomic E-state index is 12.7. The average molecular weight is 340 g/mol. The number of carbonyl (C=O) groups excluding carboxylic acids is 2. The molecule has 0 saturated carbocycles. The number of aromatic nitrogens is 1. The van der Waals surface area contributed by atoms with E-state index in [0.717, 1.165) is 11.1 Å². The summed E-state index contributed by atoms with van der Waals surface area (Å²) in [6.07, 6.45) is 3.36. The Kier molecular flexibility index (Phi) is 6.28. The third-order valence-electron chi connectivity index (χ3n) is 3.49. The number of benzene rings is 1. The predicted molar refractivity (Wildman–Crippen MR) is 96.3 cm³/mol. The third kappa shape index (κ3) is 6.75. The Labute approximate surface area is 148 Å². The van der Waals surface area contributed by atoms with Gasteiger partial charge in [-0.25, -0.2) is 4.79 Å². The molecule has 1 amide bonds. The van der Waals surface area contributed by atoms with Gasteiger partial charge in [0.15, 0.2) is 5.78 Å². The van der Waals surface area contributed by atoms with Gasteiger partial charge in [0, 0.05) is 18.8 Å². The number of ketones is 1. The fourth-order valence-corrected chi connectivity index (χ4v) is 2.37. The lowest BCUT2D eigenvalue weighted by atomic mass is 9.98. The number of carbonyl (C=O) groups is 2. The zero-order valence-electron chi connectivity index (χ0n) is 14.9. The Morgan fingerprint density at radius 2 is 1.68 bits per heavy atom. The first-order valence-electron chi connectivity index (χ1n) is 8.28. The number of hydrogen-bond acceptors (Lipinski definition) is 4. The van der Waals surface area contributed by atoms with E-state index in [1.807, 2.05) is 30.3 Å². The summed E-state index contributed by atoms with van der Waals surface area (Å²) in [5, 5.41) is 2.72. The topological polar surface area (TPSA) is 68.3 Å². The molecule has 1 atom stereocenters. The largest absolute Gasteiger partial charge is 0.444 e. The van der Waals surface area contributed by atoms with Gasteiger partial charge in [-0.2, -0.15) is 0 Å². The van der Waals surface area contributed by atoms with Crippen LogP contribution in [-0.4, -0.2) is 28.5 Å². The van der Waals surface area contributed by atoms with Gasteiger partial charge < -0.3 is 10.1 Å². The fraction of sp³-hybridized carbons (Fsp3) is 0.350. The van der Waals surface area contributed by atoms with Gasteiger partial charge in [-0.1, -0.05) is 30.3 Å². The second-order valence-electron chi connectivity index (χ2n) is 6.89. The van der Waals surface area contributed by atoms with E-state index in [1.165, 1.54) is 0 Å². The average Bonchev–Trinajstić information content (AvgIpc) is 2.54. The summed E-state index contributed by atoms with van der Waals surface area (Å²) >= 11 is 0. The molecule has 0 radical (unpaired) electrons. The highest BCUT2D eigenvalue weighted by atomic mass is 16.6. The first-order chi connectivity index (χ1) is 11.8. The van der Waals surface area contributed by atoms with Crippen LogP contribution >= 0.6 is 0 Å². The van der Waals surface area contributed by atoms with Gasteiger partial charge in [-0.3, -0.25) is 9.78 Å². The molecule has 0 aliphatic rings. The molecule has 2 aromatic rings. The number of alkyl carbamates (subject to hydrolysis) is 1. The van der Waals surface area contributed by atoms with Crippen LogP contribution in [0.5, 0.6) is 0 Å². The molecule has 2 rings (SSSR count). The SMILES string of the molecule is CC(C)(C)OC(=O)N[C@@H](Cc1ccccc1)C(=O)Cc1ccncc1. The molecule has 132 valence electrons. The van der Waals surface area contributed by atoms with Crippen molar-refractivity contribution in [2.75, 3.05) is 0 Å². The molecule has 1 aromatic carbocycles. The van der Waals surface area contributed by atoms with Crippen LogP contribution in [0.2, 0.25) is 0 Å². The van der Waals surface area contributed by atoms with Crippen molar-refractivity contribution < 1.29 is 14.3 Å². The zero-order chi connectivity index (χ0) is 18.3. The molecule has 5 heteroatoms. The highest BCUT2D eigenvalue weighted by Crippen LogP contribution is 2.10. The Morgan fingerprint density at radius 1 is 1.04 bits per heavy atom. The van der Waals surface area contributed by atoms with Crippen molar-refractivity contribution >= 4 is 11.9 Å². The first-order valence-corrected chi connectivity index (χ1v) is 8.28. The lowest BCUT2D eigenvalue weighted by Gasteiger charge is -2.23.